The van der Waals surface area contributed by atoms with Gasteiger partial charge in [0.1, 0.15) is 11.2 Å². The fraction of sp³-hybridized carbons (Fsp3) is 0.592. The van der Waals surface area contributed by atoms with E-state index in [1.54, 1.807) is 12.4 Å². The molecule has 0 aromatic carbocycles. The van der Waals surface area contributed by atoms with Gasteiger partial charge in [0.2, 0.25) is 5.91 Å². The molecule has 4 aromatic heterocycles. The number of aromatic nitrogens is 4. The first kappa shape index (κ1) is 50.6. The molecular formula is C49H71N7O7. The number of carbonyl (C=O) groups excluding carboxylic acids is 3. The molecule has 0 spiro atoms. The lowest BCUT2D eigenvalue weighted by Crippen LogP contribution is -2.44. The van der Waals surface area contributed by atoms with Gasteiger partial charge in [-0.1, -0.05) is 19.8 Å². The Morgan fingerprint density at radius 3 is 1.54 bits per heavy atom. The summed E-state index contributed by atoms with van der Waals surface area (Å²) in [6, 6.07) is 16.2. The first-order valence-corrected chi connectivity index (χ1v) is 22.7. The van der Waals surface area contributed by atoms with Gasteiger partial charge < -0.3 is 19.5 Å². The van der Waals surface area contributed by atoms with E-state index in [0.717, 1.165) is 78.6 Å². The molecule has 6 heterocycles. The van der Waals surface area contributed by atoms with Crippen LogP contribution in [0.2, 0.25) is 0 Å². The molecule has 2 aliphatic heterocycles. The van der Waals surface area contributed by atoms with Crippen molar-refractivity contribution < 1.29 is 33.8 Å². The molecule has 0 atom stereocenters. The predicted molar refractivity (Wildman–Crippen MR) is 246 cm³/mol. The van der Waals surface area contributed by atoms with E-state index < -0.39 is 17.2 Å². The van der Waals surface area contributed by atoms with E-state index in [2.05, 4.69) is 43.9 Å². The highest BCUT2D eigenvalue weighted by Gasteiger charge is 2.29. The van der Waals surface area contributed by atoms with Crippen molar-refractivity contribution in [2.24, 2.45) is 11.8 Å². The molecule has 344 valence electrons. The zero-order chi connectivity index (χ0) is 46.0. The Labute approximate surface area is 374 Å². The molecule has 0 saturated carbocycles. The molecule has 14 heteroatoms. The Balaban J connectivity index is 0.000000229. The van der Waals surface area contributed by atoms with Crippen LogP contribution in [-0.4, -0.2) is 128 Å². The lowest BCUT2D eigenvalue weighted by Gasteiger charge is -2.33. The minimum Gasteiger partial charge on any atom is -0.481 e. The number of aryl methyl sites for hydroxylation is 2. The van der Waals surface area contributed by atoms with Gasteiger partial charge in [-0.15, -0.1) is 0 Å². The molecule has 1 amide bonds. The summed E-state index contributed by atoms with van der Waals surface area (Å²) in [7, 11) is 1.88. The van der Waals surface area contributed by atoms with Gasteiger partial charge in [-0.05, 0) is 168 Å². The normalized spacial score (nSPS) is 15.4. The molecule has 6 rings (SSSR count). The second-order valence-electron chi connectivity index (χ2n) is 18.6. The Morgan fingerprint density at radius 1 is 0.667 bits per heavy atom. The topological polar surface area (TPSA) is 168 Å². The minimum absolute atomic E-state index is 0.0304. The number of rotatable bonds is 14. The average molecular weight is 870 g/mol. The van der Waals surface area contributed by atoms with E-state index in [4.69, 9.17) is 14.6 Å². The van der Waals surface area contributed by atoms with Crippen molar-refractivity contribution in [3.63, 3.8) is 0 Å². The number of likely N-dealkylation sites (tertiary alicyclic amines) is 2. The number of esters is 2. The van der Waals surface area contributed by atoms with E-state index in [9.17, 15) is 19.2 Å². The van der Waals surface area contributed by atoms with Crippen molar-refractivity contribution in [1.29, 1.82) is 0 Å². The van der Waals surface area contributed by atoms with Crippen LogP contribution in [0.1, 0.15) is 111 Å². The lowest BCUT2D eigenvalue weighted by atomic mass is 9.95. The molecule has 1 N–H and O–H groups in total. The van der Waals surface area contributed by atoms with Crippen LogP contribution < -0.4 is 0 Å². The van der Waals surface area contributed by atoms with Crippen molar-refractivity contribution in [1.82, 2.24) is 34.6 Å². The number of carboxylic acid groups (broad SMARTS) is 1. The SMILES string of the molecule is CC(C)(C)OC(=O)CN1CCC(C(=O)O)CC1.CCCCCc1ccc2cccnc2n1.CN(CCCc1ccc2cccnc2n1)C(=O)C1CCN(CC(=O)OC(C)(C)C)CC1. The maximum absolute atomic E-state index is 12.8. The zero-order valence-electron chi connectivity index (χ0n) is 39.0. The second kappa shape index (κ2) is 24.7. The van der Waals surface area contributed by atoms with Crippen molar-refractivity contribution in [2.75, 3.05) is 52.9 Å². The first-order valence-electron chi connectivity index (χ1n) is 22.7. The summed E-state index contributed by atoms with van der Waals surface area (Å²) in [5.74, 6) is -1.21. The molecule has 2 saturated heterocycles. The molecule has 63 heavy (non-hydrogen) atoms. The summed E-state index contributed by atoms with van der Waals surface area (Å²) in [5.41, 5.74) is 2.87. The maximum Gasteiger partial charge on any atom is 0.320 e. The van der Waals surface area contributed by atoms with Crippen LogP contribution >= 0.6 is 0 Å². The molecule has 0 unspecified atom stereocenters. The maximum atomic E-state index is 12.8. The number of fused-ring (bicyclic) bond motifs is 2. The number of nitrogens with zero attached hydrogens (tertiary/aromatic N) is 7. The Kier molecular flexibility index (Phi) is 19.8. The van der Waals surface area contributed by atoms with Crippen LogP contribution in [0.25, 0.3) is 22.1 Å². The van der Waals surface area contributed by atoms with Crippen LogP contribution in [0, 0.1) is 11.8 Å². The molecule has 0 aliphatic carbocycles. The second-order valence-corrected chi connectivity index (χ2v) is 18.6. The fourth-order valence-corrected chi connectivity index (χ4v) is 7.53. The number of hydrogen-bond donors (Lipinski definition) is 1. The van der Waals surface area contributed by atoms with Gasteiger partial charge in [-0.25, -0.2) is 19.9 Å². The number of amides is 1. The molecular weight excluding hydrogens is 799 g/mol. The number of hydrogen-bond acceptors (Lipinski definition) is 12. The average Bonchev–Trinajstić information content (AvgIpc) is 3.23. The highest BCUT2D eigenvalue weighted by Crippen LogP contribution is 2.21. The number of unbranched alkanes of at least 4 members (excludes halogenated alkanes) is 2. The summed E-state index contributed by atoms with van der Waals surface area (Å²) < 4.78 is 10.6. The van der Waals surface area contributed by atoms with Crippen LogP contribution in [-0.2, 0) is 41.5 Å². The summed E-state index contributed by atoms with van der Waals surface area (Å²) in [6.45, 7) is 17.4. The molecule has 0 radical (unpaired) electrons. The van der Waals surface area contributed by atoms with Crippen molar-refractivity contribution in [3.05, 3.63) is 72.3 Å². The highest BCUT2D eigenvalue weighted by molar-refractivity contribution is 5.79. The van der Waals surface area contributed by atoms with Gasteiger partial charge >= 0.3 is 17.9 Å². The third-order valence-electron chi connectivity index (χ3n) is 10.8. The summed E-state index contributed by atoms with van der Waals surface area (Å²) in [5, 5.41) is 11.0. The van der Waals surface area contributed by atoms with Crippen LogP contribution in [0.4, 0.5) is 0 Å². The lowest BCUT2D eigenvalue weighted by molar-refractivity contribution is -0.158. The molecule has 4 aromatic rings. The highest BCUT2D eigenvalue weighted by atomic mass is 16.6. The van der Waals surface area contributed by atoms with Crippen molar-refractivity contribution in [2.45, 2.75) is 124 Å². The monoisotopic (exact) mass is 870 g/mol. The number of carboxylic acids is 1. The third-order valence-corrected chi connectivity index (χ3v) is 10.8. The van der Waals surface area contributed by atoms with E-state index in [1.165, 1.54) is 19.3 Å². The standard InChI is InChI=1S/C24H34N4O3.C13H16N2.C12H21NO4/c1-24(2,3)31-21(29)17-28-15-11-19(12-16-28)23(30)27(4)14-6-8-20-10-9-18-7-5-13-25-22(18)26-20;1-2-3-4-7-12-9-8-11-6-5-10-14-13(11)15-12;1-12(2,3)17-10(14)8-13-6-4-9(5-7-13)11(15)16/h5,7,9-10,13,19H,6,8,11-12,14-17H2,1-4H3;5-6,8-10H,2-4,7H2,1H3;9H,4-8H2,1-3H3,(H,15,16). The predicted octanol–water partition coefficient (Wildman–Crippen LogP) is 7.56. The van der Waals surface area contributed by atoms with Gasteiger partial charge in [0.05, 0.1) is 19.0 Å². The van der Waals surface area contributed by atoms with E-state index in [-0.39, 0.29) is 36.2 Å². The fourth-order valence-electron chi connectivity index (χ4n) is 7.53. The first-order chi connectivity index (χ1) is 29.9. The Bertz CT molecular complexity index is 2070. The van der Waals surface area contributed by atoms with Crippen LogP contribution in [0.3, 0.4) is 0 Å². The smallest absolute Gasteiger partial charge is 0.320 e. The van der Waals surface area contributed by atoms with Crippen molar-refractivity contribution in [3.8, 4) is 0 Å². The van der Waals surface area contributed by atoms with Gasteiger partial charge in [-0.3, -0.25) is 29.0 Å². The number of piperidine rings is 2. The van der Waals surface area contributed by atoms with Crippen LogP contribution in [0.15, 0.2) is 60.9 Å². The number of aliphatic carboxylic acids is 1. The molecule has 0 bridgehead atoms. The van der Waals surface area contributed by atoms with E-state index >= 15 is 0 Å². The van der Waals surface area contributed by atoms with E-state index in [0.29, 0.717) is 39.0 Å². The van der Waals surface area contributed by atoms with Crippen LogP contribution in [0.5, 0.6) is 0 Å². The minimum atomic E-state index is -0.734. The molecule has 2 fully saturated rings. The number of pyridine rings is 4. The summed E-state index contributed by atoms with van der Waals surface area (Å²) in [6.07, 6.45) is 12.8. The summed E-state index contributed by atoms with van der Waals surface area (Å²) in [4.78, 5) is 70.7. The molecule has 2 aliphatic rings. The number of ether oxygens (including phenoxy) is 2. The van der Waals surface area contributed by atoms with E-state index in [1.807, 2.05) is 94.8 Å². The van der Waals surface area contributed by atoms with Gasteiger partial charge in [-0.2, -0.15) is 0 Å². The van der Waals surface area contributed by atoms with Gasteiger partial charge in [0.15, 0.2) is 11.3 Å². The summed E-state index contributed by atoms with van der Waals surface area (Å²) >= 11 is 0. The van der Waals surface area contributed by atoms with Gasteiger partial charge in [0.25, 0.3) is 0 Å². The molecule has 14 nitrogen and oxygen atoms in total. The zero-order valence-corrected chi connectivity index (χ0v) is 39.0. The largest absolute Gasteiger partial charge is 0.481 e. The third kappa shape index (κ3) is 18.7. The Morgan fingerprint density at radius 2 is 1.11 bits per heavy atom. The number of carbonyl (C=O) groups is 4. The van der Waals surface area contributed by atoms with Crippen molar-refractivity contribution >= 4 is 45.9 Å². The Hall–Kier alpha value is -5.08. The quantitative estimate of drug-likeness (QED) is 0.0975. The van der Waals surface area contributed by atoms with Gasteiger partial charge in [0, 0.05) is 54.1 Å².